The molecule has 1 atom stereocenters. The van der Waals surface area contributed by atoms with Crippen LogP contribution in [0.3, 0.4) is 0 Å². The second kappa shape index (κ2) is 8.77. The average Bonchev–Trinajstić information content (AvgIpc) is 2.76. The zero-order valence-electron chi connectivity index (χ0n) is 17.4. The van der Waals surface area contributed by atoms with Crippen LogP contribution in [0.1, 0.15) is 34.5 Å². The molecule has 1 aliphatic rings. The monoisotopic (exact) mass is 420 g/mol. The molecule has 0 unspecified atom stereocenters. The number of nitrogen functional groups attached to an aromatic ring is 1. The van der Waals surface area contributed by atoms with Crippen LogP contribution in [-0.2, 0) is 6.42 Å². The van der Waals surface area contributed by atoms with Gasteiger partial charge in [-0.25, -0.2) is 14.4 Å². The molecule has 0 spiro atoms. The Morgan fingerprint density at radius 3 is 2.94 bits per heavy atom. The van der Waals surface area contributed by atoms with Crippen molar-refractivity contribution >= 4 is 17.2 Å². The van der Waals surface area contributed by atoms with Gasteiger partial charge in [-0.15, -0.1) is 0 Å². The SMILES string of the molecule is Cc1ccc(F)c(-c2ncc(N)c(C(=O)Cc3cnccc3N3CCC[C@H](N)C3)n2)c1. The highest BCUT2D eigenvalue weighted by Crippen LogP contribution is 2.26. The van der Waals surface area contributed by atoms with Gasteiger partial charge in [0.25, 0.3) is 0 Å². The topological polar surface area (TPSA) is 111 Å². The minimum Gasteiger partial charge on any atom is -0.396 e. The van der Waals surface area contributed by atoms with E-state index in [1.165, 1.54) is 12.3 Å². The number of hydrogen-bond acceptors (Lipinski definition) is 7. The largest absolute Gasteiger partial charge is 0.396 e. The molecule has 0 saturated carbocycles. The van der Waals surface area contributed by atoms with E-state index in [0.717, 1.165) is 42.7 Å². The Morgan fingerprint density at radius 1 is 1.29 bits per heavy atom. The first-order valence-corrected chi connectivity index (χ1v) is 10.3. The van der Waals surface area contributed by atoms with Crippen LogP contribution in [0.5, 0.6) is 0 Å². The Morgan fingerprint density at radius 2 is 2.13 bits per heavy atom. The molecule has 1 saturated heterocycles. The first-order valence-electron chi connectivity index (χ1n) is 10.3. The molecule has 8 heteroatoms. The highest BCUT2D eigenvalue weighted by Gasteiger charge is 2.22. The van der Waals surface area contributed by atoms with Crippen LogP contribution >= 0.6 is 0 Å². The van der Waals surface area contributed by atoms with Gasteiger partial charge in [0.05, 0.1) is 17.4 Å². The Hall–Kier alpha value is -3.39. The van der Waals surface area contributed by atoms with Gasteiger partial charge in [-0.1, -0.05) is 11.6 Å². The number of ketones is 1. The number of nitrogens with two attached hydrogens (primary N) is 2. The van der Waals surface area contributed by atoms with Crippen molar-refractivity contribution in [1.82, 2.24) is 15.0 Å². The van der Waals surface area contributed by atoms with Crippen LogP contribution in [0.2, 0.25) is 0 Å². The first-order chi connectivity index (χ1) is 14.9. The van der Waals surface area contributed by atoms with Crippen molar-refractivity contribution in [1.29, 1.82) is 0 Å². The molecule has 31 heavy (non-hydrogen) atoms. The molecule has 0 radical (unpaired) electrons. The first kappa shape index (κ1) is 20.9. The summed E-state index contributed by atoms with van der Waals surface area (Å²) in [6.07, 6.45) is 6.82. The highest BCUT2D eigenvalue weighted by molar-refractivity contribution is 6.00. The van der Waals surface area contributed by atoms with Crippen LogP contribution in [0.4, 0.5) is 15.8 Å². The van der Waals surface area contributed by atoms with Gasteiger partial charge in [-0.2, -0.15) is 0 Å². The lowest BCUT2D eigenvalue weighted by Gasteiger charge is -2.33. The number of aryl methyl sites for hydroxylation is 1. The van der Waals surface area contributed by atoms with Crippen molar-refractivity contribution in [2.45, 2.75) is 32.2 Å². The number of pyridine rings is 1. The molecule has 1 aromatic carbocycles. The Kier molecular flexibility index (Phi) is 5.90. The van der Waals surface area contributed by atoms with E-state index in [9.17, 15) is 9.18 Å². The van der Waals surface area contributed by atoms with E-state index in [-0.39, 0.29) is 41.0 Å². The summed E-state index contributed by atoms with van der Waals surface area (Å²) in [4.78, 5) is 28.0. The van der Waals surface area contributed by atoms with Crippen LogP contribution < -0.4 is 16.4 Å². The van der Waals surface area contributed by atoms with E-state index in [1.807, 2.05) is 13.0 Å². The number of anilines is 2. The Labute approximate surface area is 180 Å². The van der Waals surface area contributed by atoms with Crippen LogP contribution in [0.15, 0.2) is 42.9 Å². The lowest BCUT2D eigenvalue weighted by Crippen LogP contribution is -2.43. The zero-order valence-corrected chi connectivity index (χ0v) is 17.4. The summed E-state index contributed by atoms with van der Waals surface area (Å²) >= 11 is 0. The molecule has 7 nitrogen and oxygen atoms in total. The molecule has 0 bridgehead atoms. The van der Waals surface area contributed by atoms with Gasteiger partial charge in [-0.05, 0) is 38.0 Å². The summed E-state index contributed by atoms with van der Waals surface area (Å²) in [6, 6.07) is 6.68. The number of carbonyl (C=O) groups is 1. The van der Waals surface area contributed by atoms with Crippen molar-refractivity contribution in [2.75, 3.05) is 23.7 Å². The summed E-state index contributed by atoms with van der Waals surface area (Å²) < 4.78 is 14.3. The summed E-state index contributed by atoms with van der Waals surface area (Å²) in [5.41, 5.74) is 15.2. The molecule has 1 aliphatic heterocycles. The van der Waals surface area contributed by atoms with Crippen molar-refractivity contribution in [3.05, 3.63) is 65.5 Å². The normalized spacial score (nSPS) is 16.4. The number of rotatable bonds is 5. The van der Waals surface area contributed by atoms with Crippen LogP contribution in [0.25, 0.3) is 11.4 Å². The lowest BCUT2D eigenvalue weighted by molar-refractivity contribution is 0.0989. The highest BCUT2D eigenvalue weighted by atomic mass is 19.1. The molecule has 160 valence electrons. The van der Waals surface area contributed by atoms with Crippen LogP contribution in [0, 0.1) is 12.7 Å². The van der Waals surface area contributed by atoms with E-state index < -0.39 is 5.82 Å². The summed E-state index contributed by atoms with van der Waals surface area (Å²) in [7, 11) is 0. The Balaban J connectivity index is 1.63. The number of nitrogens with zero attached hydrogens (tertiary/aromatic N) is 4. The maximum atomic E-state index is 14.3. The van der Waals surface area contributed by atoms with Crippen molar-refractivity contribution < 1.29 is 9.18 Å². The smallest absolute Gasteiger partial charge is 0.187 e. The van der Waals surface area contributed by atoms with Crippen molar-refractivity contribution in [3.8, 4) is 11.4 Å². The van der Waals surface area contributed by atoms with Crippen molar-refractivity contribution in [3.63, 3.8) is 0 Å². The van der Waals surface area contributed by atoms with Gasteiger partial charge in [0.1, 0.15) is 11.5 Å². The van der Waals surface area contributed by atoms with Crippen molar-refractivity contribution in [2.24, 2.45) is 5.73 Å². The molecule has 4 rings (SSSR count). The number of hydrogen-bond donors (Lipinski definition) is 2. The number of piperidine rings is 1. The van der Waals surface area contributed by atoms with Gasteiger partial charge in [0.15, 0.2) is 11.6 Å². The number of aromatic nitrogens is 3. The average molecular weight is 420 g/mol. The second-order valence-corrected chi connectivity index (χ2v) is 7.93. The summed E-state index contributed by atoms with van der Waals surface area (Å²) in [5.74, 6) is -0.596. The number of halogens is 1. The fourth-order valence-corrected chi connectivity index (χ4v) is 3.90. The standard InChI is InChI=1S/C23H25FN6O/c1-14-4-5-18(24)17(9-14)23-28-12-19(26)22(29-23)21(31)10-15-11-27-7-6-20(15)30-8-2-3-16(25)13-30/h4-7,9,11-12,16H,2-3,8,10,13,25-26H2,1H3/t16-/m0/s1. The molecule has 0 amide bonds. The molecule has 4 N–H and O–H groups in total. The lowest BCUT2D eigenvalue weighted by atomic mass is 10.0. The van der Waals surface area contributed by atoms with Gasteiger partial charge >= 0.3 is 0 Å². The van der Waals surface area contributed by atoms with E-state index in [4.69, 9.17) is 11.5 Å². The predicted octanol–water partition coefficient (Wildman–Crippen LogP) is 2.92. The second-order valence-electron chi connectivity index (χ2n) is 7.93. The molecule has 3 heterocycles. The maximum Gasteiger partial charge on any atom is 0.187 e. The van der Waals surface area contributed by atoms with Gasteiger partial charge in [0, 0.05) is 49.2 Å². The van der Waals surface area contributed by atoms with E-state index >= 15 is 0 Å². The predicted molar refractivity (Wildman–Crippen MR) is 118 cm³/mol. The molecular formula is C23H25FN6O. The molecule has 1 fully saturated rings. The number of benzene rings is 1. The van der Waals surface area contributed by atoms with E-state index in [1.54, 1.807) is 24.5 Å². The fraction of sp³-hybridized carbons (Fsp3) is 0.304. The fourth-order valence-electron chi connectivity index (χ4n) is 3.90. The number of Topliss-reactive ketones (excluding diaryl/α,β-unsaturated/α-hetero) is 1. The molecule has 3 aromatic rings. The number of carbonyl (C=O) groups excluding carboxylic acids is 1. The van der Waals surface area contributed by atoms with Gasteiger partial charge in [-0.3, -0.25) is 9.78 Å². The van der Waals surface area contributed by atoms with Gasteiger partial charge in [0.2, 0.25) is 0 Å². The quantitative estimate of drug-likeness (QED) is 0.611. The third-order valence-corrected chi connectivity index (χ3v) is 5.47. The minimum atomic E-state index is -0.454. The molecule has 0 aliphatic carbocycles. The van der Waals surface area contributed by atoms with Crippen LogP contribution in [-0.4, -0.2) is 39.9 Å². The molecular weight excluding hydrogens is 395 g/mol. The van der Waals surface area contributed by atoms with Gasteiger partial charge < -0.3 is 16.4 Å². The summed E-state index contributed by atoms with van der Waals surface area (Å²) in [5, 5.41) is 0. The third-order valence-electron chi connectivity index (χ3n) is 5.47. The maximum absolute atomic E-state index is 14.3. The zero-order chi connectivity index (χ0) is 22.0. The van der Waals surface area contributed by atoms with E-state index in [0.29, 0.717) is 0 Å². The molecule has 2 aromatic heterocycles. The third kappa shape index (κ3) is 4.54. The van der Waals surface area contributed by atoms with E-state index in [2.05, 4.69) is 19.9 Å². The summed E-state index contributed by atoms with van der Waals surface area (Å²) in [6.45, 7) is 3.46. The minimum absolute atomic E-state index is 0.0753. The Bertz CT molecular complexity index is 1120.